The lowest BCUT2D eigenvalue weighted by Crippen LogP contribution is -1.85. The highest BCUT2D eigenvalue weighted by molar-refractivity contribution is 5.01. The zero-order valence-electron chi connectivity index (χ0n) is 5.25. The lowest BCUT2D eigenvalue weighted by molar-refractivity contribution is 0.961. The minimum atomic E-state index is 0.910. The molecule has 0 atom stereocenters. The average Bonchev–Trinajstić information content (AvgIpc) is 1.91. The van der Waals surface area contributed by atoms with Crippen LogP contribution in [0, 0.1) is 6.92 Å². The highest BCUT2D eigenvalue weighted by Gasteiger charge is 1.86. The highest BCUT2D eigenvalue weighted by Crippen LogP contribution is 1.95. The molecule has 2 nitrogen and oxygen atoms in total. The van der Waals surface area contributed by atoms with Crippen molar-refractivity contribution in [1.82, 2.24) is 9.97 Å². The second kappa shape index (κ2) is 3.17. The molecular weight excluding hydrogens is 112 g/mol. The Morgan fingerprint density at radius 3 is 2.56 bits per heavy atom. The van der Waals surface area contributed by atoms with Crippen molar-refractivity contribution in [2.45, 2.75) is 12.8 Å². The molecule has 0 saturated carbocycles. The first-order chi connectivity index (χ1) is 4.43. The zero-order chi connectivity index (χ0) is 6.53. The number of rotatable bonds is 2. The summed E-state index contributed by atoms with van der Waals surface area (Å²) in [5.74, 6) is 0. The van der Waals surface area contributed by atoms with Crippen LogP contribution in [-0.2, 0) is 6.42 Å². The summed E-state index contributed by atoms with van der Waals surface area (Å²) in [7, 11) is 0. The van der Waals surface area contributed by atoms with Crippen LogP contribution in [0.4, 0.5) is 0 Å². The van der Waals surface area contributed by atoms with Gasteiger partial charge in [-0.15, -0.1) is 0 Å². The average molecular weight is 121 g/mol. The van der Waals surface area contributed by atoms with Gasteiger partial charge in [0.05, 0.1) is 0 Å². The Balaban J connectivity index is 2.61. The van der Waals surface area contributed by atoms with E-state index in [0.29, 0.717) is 0 Å². The molecule has 1 heterocycles. The first-order valence-electron chi connectivity index (χ1n) is 2.96. The maximum absolute atomic E-state index is 3.86. The van der Waals surface area contributed by atoms with Gasteiger partial charge in [0, 0.05) is 12.4 Å². The van der Waals surface area contributed by atoms with Crippen molar-refractivity contribution in [1.29, 1.82) is 0 Å². The van der Waals surface area contributed by atoms with E-state index in [0.717, 1.165) is 18.4 Å². The van der Waals surface area contributed by atoms with Gasteiger partial charge >= 0.3 is 0 Å². The Kier molecular flexibility index (Phi) is 2.19. The van der Waals surface area contributed by atoms with Crippen molar-refractivity contribution in [2.24, 2.45) is 0 Å². The lowest BCUT2D eigenvalue weighted by atomic mass is 10.2. The molecule has 0 aliphatic heterocycles. The highest BCUT2D eigenvalue weighted by atomic mass is 14.8. The lowest BCUT2D eigenvalue weighted by Gasteiger charge is -1.92. The van der Waals surface area contributed by atoms with E-state index in [4.69, 9.17) is 0 Å². The zero-order valence-corrected chi connectivity index (χ0v) is 5.25. The quantitative estimate of drug-likeness (QED) is 0.588. The van der Waals surface area contributed by atoms with E-state index in [1.165, 1.54) is 6.33 Å². The summed E-state index contributed by atoms with van der Waals surface area (Å²) in [5.41, 5.74) is 1.16. The fourth-order valence-corrected chi connectivity index (χ4v) is 0.663. The number of nitrogens with zero attached hydrogens (tertiary/aromatic N) is 2. The molecule has 0 bridgehead atoms. The molecule has 0 saturated heterocycles. The molecule has 1 aromatic heterocycles. The van der Waals surface area contributed by atoms with Gasteiger partial charge < -0.3 is 0 Å². The van der Waals surface area contributed by atoms with Crippen molar-refractivity contribution < 1.29 is 0 Å². The van der Waals surface area contributed by atoms with E-state index in [-0.39, 0.29) is 0 Å². The maximum Gasteiger partial charge on any atom is 0.115 e. The smallest absolute Gasteiger partial charge is 0.115 e. The van der Waals surface area contributed by atoms with Gasteiger partial charge in [-0.1, -0.05) is 6.92 Å². The Morgan fingerprint density at radius 1 is 1.33 bits per heavy atom. The first-order valence-corrected chi connectivity index (χ1v) is 2.96. The van der Waals surface area contributed by atoms with Gasteiger partial charge in [0.25, 0.3) is 0 Å². The van der Waals surface area contributed by atoms with Crippen LogP contribution in [0.2, 0.25) is 0 Å². The van der Waals surface area contributed by atoms with Gasteiger partial charge in [-0.05, 0) is 18.4 Å². The topological polar surface area (TPSA) is 25.8 Å². The van der Waals surface area contributed by atoms with E-state index in [2.05, 4.69) is 16.9 Å². The molecule has 1 radical (unpaired) electrons. The largest absolute Gasteiger partial charge is 0.245 e. The van der Waals surface area contributed by atoms with Crippen LogP contribution in [0.25, 0.3) is 0 Å². The van der Waals surface area contributed by atoms with Crippen LogP contribution >= 0.6 is 0 Å². The number of aryl methyl sites for hydroxylation is 1. The maximum atomic E-state index is 3.86. The third kappa shape index (κ3) is 1.80. The summed E-state index contributed by atoms with van der Waals surface area (Å²) >= 11 is 0. The minimum absolute atomic E-state index is 0.910. The van der Waals surface area contributed by atoms with Crippen molar-refractivity contribution in [3.8, 4) is 0 Å². The molecule has 0 amide bonds. The Morgan fingerprint density at radius 2 is 2.00 bits per heavy atom. The molecule has 1 rings (SSSR count). The summed E-state index contributed by atoms with van der Waals surface area (Å²) in [6, 6.07) is 0. The Bertz CT molecular complexity index is 160. The molecule has 9 heavy (non-hydrogen) atoms. The molecule has 0 N–H and O–H groups in total. The molecular formula is C7H9N2. The van der Waals surface area contributed by atoms with E-state index < -0.39 is 0 Å². The first kappa shape index (κ1) is 6.20. The molecule has 2 heteroatoms. The van der Waals surface area contributed by atoms with E-state index >= 15 is 0 Å². The number of hydrogen-bond donors (Lipinski definition) is 0. The molecule has 0 fully saturated rings. The van der Waals surface area contributed by atoms with Gasteiger partial charge in [0.15, 0.2) is 0 Å². The third-order valence-electron chi connectivity index (χ3n) is 1.08. The van der Waals surface area contributed by atoms with E-state index in [1.54, 1.807) is 0 Å². The van der Waals surface area contributed by atoms with E-state index in [9.17, 15) is 0 Å². The molecule has 0 spiro atoms. The van der Waals surface area contributed by atoms with Crippen LogP contribution in [0.15, 0.2) is 18.7 Å². The molecule has 0 aliphatic rings. The van der Waals surface area contributed by atoms with Crippen LogP contribution in [0.1, 0.15) is 12.0 Å². The summed E-state index contributed by atoms with van der Waals surface area (Å²) in [6.45, 7) is 3.73. The summed E-state index contributed by atoms with van der Waals surface area (Å²) in [5, 5.41) is 0. The molecule has 0 aliphatic carbocycles. The standard InChI is InChI=1S/C7H9N2/c1-2-3-7-4-8-6-9-5-7/h4-6H,1-3H2. The molecule has 47 valence electrons. The van der Waals surface area contributed by atoms with Gasteiger partial charge in [0.1, 0.15) is 6.33 Å². The van der Waals surface area contributed by atoms with Crippen molar-refractivity contribution in [3.63, 3.8) is 0 Å². The fraction of sp³-hybridized carbons (Fsp3) is 0.286. The summed E-state index contributed by atoms with van der Waals surface area (Å²) < 4.78 is 0. The van der Waals surface area contributed by atoms with Crippen molar-refractivity contribution >= 4 is 0 Å². The summed E-state index contributed by atoms with van der Waals surface area (Å²) in [4.78, 5) is 7.73. The monoisotopic (exact) mass is 121 g/mol. The number of aromatic nitrogens is 2. The van der Waals surface area contributed by atoms with Crippen molar-refractivity contribution in [2.75, 3.05) is 0 Å². The van der Waals surface area contributed by atoms with Crippen LogP contribution in [-0.4, -0.2) is 9.97 Å². The second-order valence-electron chi connectivity index (χ2n) is 1.85. The minimum Gasteiger partial charge on any atom is -0.245 e. The predicted octanol–water partition coefficient (Wildman–Crippen LogP) is 1.24. The number of hydrogen-bond acceptors (Lipinski definition) is 2. The van der Waals surface area contributed by atoms with Crippen LogP contribution in [0.3, 0.4) is 0 Å². The Hall–Kier alpha value is -0.920. The van der Waals surface area contributed by atoms with E-state index in [1.807, 2.05) is 12.4 Å². The summed E-state index contributed by atoms with van der Waals surface area (Å²) in [6.07, 6.45) is 7.05. The molecule has 1 aromatic rings. The van der Waals surface area contributed by atoms with Gasteiger partial charge in [-0.2, -0.15) is 0 Å². The normalized spacial score (nSPS) is 9.44. The second-order valence-corrected chi connectivity index (χ2v) is 1.85. The van der Waals surface area contributed by atoms with Gasteiger partial charge in [0.2, 0.25) is 0 Å². The predicted molar refractivity (Wildman–Crippen MR) is 35.7 cm³/mol. The SMILES string of the molecule is [CH2]CCc1cncnc1. The fourth-order valence-electron chi connectivity index (χ4n) is 0.663. The van der Waals surface area contributed by atoms with Gasteiger partial charge in [-0.25, -0.2) is 9.97 Å². The third-order valence-corrected chi connectivity index (χ3v) is 1.08. The molecule has 0 aromatic carbocycles. The Labute approximate surface area is 55.0 Å². The van der Waals surface area contributed by atoms with Crippen LogP contribution < -0.4 is 0 Å². The van der Waals surface area contributed by atoms with Crippen molar-refractivity contribution in [3.05, 3.63) is 31.2 Å². The van der Waals surface area contributed by atoms with Crippen LogP contribution in [0.5, 0.6) is 0 Å². The van der Waals surface area contributed by atoms with Gasteiger partial charge in [-0.3, -0.25) is 0 Å². The molecule has 0 unspecified atom stereocenters.